The van der Waals surface area contributed by atoms with Gasteiger partial charge in [-0.05, 0) is 61.0 Å². The molecule has 0 atom stereocenters. The SMILES string of the molecule is Cc1cc2ncc(-c3sc4ccccc4c3C)nc2cc1C. The third-order valence-corrected chi connectivity index (χ3v) is 5.53. The van der Waals surface area contributed by atoms with Gasteiger partial charge >= 0.3 is 0 Å². The van der Waals surface area contributed by atoms with Crippen LogP contribution in [0.3, 0.4) is 0 Å². The first kappa shape index (κ1) is 13.4. The standard InChI is InChI=1S/C19H16N2S/c1-11-8-15-16(9-12(11)2)21-17(10-20-15)19-13(3)14-6-4-5-7-18(14)22-19/h4-10H,1-3H3. The highest BCUT2D eigenvalue weighted by Crippen LogP contribution is 2.37. The van der Waals surface area contributed by atoms with Crippen molar-refractivity contribution in [2.75, 3.05) is 0 Å². The van der Waals surface area contributed by atoms with Gasteiger partial charge in [0.05, 0.1) is 27.8 Å². The van der Waals surface area contributed by atoms with Gasteiger partial charge in [0.1, 0.15) is 0 Å². The molecule has 0 aliphatic carbocycles. The second-order valence-corrected chi connectivity index (χ2v) is 6.78. The predicted octanol–water partition coefficient (Wildman–Crippen LogP) is 5.44. The highest BCUT2D eigenvalue weighted by Gasteiger charge is 2.12. The number of rotatable bonds is 1. The zero-order chi connectivity index (χ0) is 15.3. The lowest BCUT2D eigenvalue weighted by Crippen LogP contribution is -1.91. The van der Waals surface area contributed by atoms with Crippen LogP contribution in [-0.2, 0) is 0 Å². The average molecular weight is 304 g/mol. The maximum absolute atomic E-state index is 4.85. The Bertz CT molecular complexity index is 1010. The van der Waals surface area contributed by atoms with Crippen molar-refractivity contribution in [3.63, 3.8) is 0 Å². The predicted molar refractivity (Wildman–Crippen MR) is 94.6 cm³/mol. The molecule has 0 amide bonds. The summed E-state index contributed by atoms with van der Waals surface area (Å²) in [5, 5.41) is 1.31. The summed E-state index contributed by atoms with van der Waals surface area (Å²) in [5.74, 6) is 0. The lowest BCUT2D eigenvalue weighted by molar-refractivity contribution is 1.26. The van der Waals surface area contributed by atoms with Crippen LogP contribution < -0.4 is 0 Å². The fourth-order valence-electron chi connectivity index (χ4n) is 2.80. The normalized spacial score (nSPS) is 11.4. The Morgan fingerprint density at radius 2 is 1.64 bits per heavy atom. The van der Waals surface area contributed by atoms with Crippen LogP contribution in [0.5, 0.6) is 0 Å². The highest BCUT2D eigenvalue weighted by atomic mass is 32.1. The number of hydrogen-bond donors (Lipinski definition) is 0. The van der Waals surface area contributed by atoms with E-state index in [1.165, 1.54) is 31.7 Å². The summed E-state index contributed by atoms with van der Waals surface area (Å²) < 4.78 is 1.30. The Kier molecular flexibility index (Phi) is 2.98. The van der Waals surface area contributed by atoms with E-state index in [0.717, 1.165) is 16.7 Å². The summed E-state index contributed by atoms with van der Waals surface area (Å²) in [6.07, 6.45) is 1.90. The quantitative estimate of drug-likeness (QED) is 0.468. The van der Waals surface area contributed by atoms with E-state index in [9.17, 15) is 0 Å². The van der Waals surface area contributed by atoms with E-state index in [2.05, 4.69) is 62.2 Å². The third kappa shape index (κ3) is 2.01. The molecular weight excluding hydrogens is 288 g/mol. The summed E-state index contributed by atoms with van der Waals surface area (Å²) >= 11 is 1.79. The molecule has 22 heavy (non-hydrogen) atoms. The molecule has 4 aromatic rings. The van der Waals surface area contributed by atoms with Gasteiger partial charge in [-0.2, -0.15) is 0 Å². The lowest BCUT2D eigenvalue weighted by atomic mass is 10.1. The van der Waals surface area contributed by atoms with Gasteiger partial charge in [-0.25, -0.2) is 4.98 Å². The maximum Gasteiger partial charge on any atom is 0.0995 e. The molecule has 0 spiro atoms. The van der Waals surface area contributed by atoms with Crippen LogP contribution in [0, 0.1) is 20.8 Å². The molecule has 4 rings (SSSR count). The minimum Gasteiger partial charge on any atom is -0.252 e. The second-order valence-electron chi connectivity index (χ2n) is 5.73. The van der Waals surface area contributed by atoms with E-state index in [0.29, 0.717) is 0 Å². The second kappa shape index (κ2) is 4.89. The Hall–Kier alpha value is -2.26. The molecule has 2 heterocycles. The van der Waals surface area contributed by atoms with Crippen LogP contribution in [0.1, 0.15) is 16.7 Å². The van der Waals surface area contributed by atoms with Gasteiger partial charge in [0.2, 0.25) is 0 Å². The number of thiophene rings is 1. The summed E-state index contributed by atoms with van der Waals surface area (Å²) in [6, 6.07) is 12.7. The molecule has 0 saturated heterocycles. The fourth-order valence-corrected chi connectivity index (χ4v) is 3.96. The van der Waals surface area contributed by atoms with Gasteiger partial charge in [0, 0.05) is 4.70 Å². The highest BCUT2D eigenvalue weighted by molar-refractivity contribution is 7.22. The number of nitrogens with zero attached hydrogens (tertiary/aromatic N) is 2. The van der Waals surface area contributed by atoms with Crippen molar-refractivity contribution >= 4 is 32.5 Å². The molecule has 108 valence electrons. The Morgan fingerprint density at radius 3 is 2.41 bits per heavy atom. The van der Waals surface area contributed by atoms with E-state index in [1.807, 2.05) is 6.20 Å². The summed E-state index contributed by atoms with van der Waals surface area (Å²) in [5.41, 5.74) is 6.70. The molecule has 3 heteroatoms. The first-order chi connectivity index (χ1) is 10.6. The molecule has 0 N–H and O–H groups in total. The van der Waals surface area contributed by atoms with Crippen molar-refractivity contribution in [1.29, 1.82) is 0 Å². The van der Waals surface area contributed by atoms with Gasteiger partial charge in [-0.1, -0.05) is 18.2 Å². The van der Waals surface area contributed by atoms with Crippen LogP contribution in [0.4, 0.5) is 0 Å². The van der Waals surface area contributed by atoms with E-state index < -0.39 is 0 Å². The van der Waals surface area contributed by atoms with Crippen molar-refractivity contribution in [2.45, 2.75) is 20.8 Å². The summed E-state index contributed by atoms with van der Waals surface area (Å²) in [7, 11) is 0. The number of fused-ring (bicyclic) bond motifs is 2. The van der Waals surface area contributed by atoms with Crippen LogP contribution in [0.2, 0.25) is 0 Å². The van der Waals surface area contributed by atoms with Crippen molar-refractivity contribution in [1.82, 2.24) is 9.97 Å². The largest absolute Gasteiger partial charge is 0.252 e. The maximum atomic E-state index is 4.85. The number of aryl methyl sites for hydroxylation is 3. The van der Waals surface area contributed by atoms with Crippen molar-refractivity contribution < 1.29 is 0 Å². The van der Waals surface area contributed by atoms with Gasteiger partial charge in [0.25, 0.3) is 0 Å². The van der Waals surface area contributed by atoms with Gasteiger partial charge < -0.3 is 0 Å². The smallest absolute Gasteiger partial charge is 0.0995 e. The number of hydrogen-bond acceptors (Lipinski definition) is 3. The minimum atomic E-state index is 0.964. The lowest BCUT2D eigenvalue weighted by Gasteiger charge is -2.05. The molecule has 0 bridgehead atoms. The van der Waals surface area contributed by atoms with Crippen LogP contribution in [-0.4, -0.2) is 9.97 Å². The van der Waals surface area contributed by atoms with Gasteiger partial charge in [-0.15, -0.1) is 11.3 Å². The van der Waals surface area contributed by atoms with E-state index in [1.54, 1.807) is 11.3 Å². The van der Waals surface area contributed by atoms with Gasteiger partial charge in [-0.3, -0.25) is 4.98 Å². The van der Waals surface area contributed by atoms with E-state index >= 15 is 0 Å². The topological polar surface area (TPSA) is 25.8 Å². The van der Waals surface area contributed by atoms with Crippen molar-refractivity contribution in [2.24, 2.45) is 0 Å². The van der Waals surface area contributed by atoms with Crippen molar-refractivity contribution in [3.8, 4) is 10.6 Å². The van der Waals surface area contributed by atoms with Crippen LogP contribution in [0.25, 0.3) is 31.7 Å². The Morgan fingerprint density at radius 1 is 0.909 bits per heavy atom. The zero-order valence-electron chi connectivity index (χ0n) is 12.8. The van der Waals surface area contributed by atoms with Gasteiger partial charge in [0.15, 0.2) is 0 Å². The first-order valence-corrected chi connectivity index (χ1v) is 8.17. The summed E-state index contributed by atoms with van der Waals surface area (Å²) in [4.78, 5) is 10.7. The van der Waals surface area contributed by atoms with Crippen molar-refractivity contribution in [3.05, 3.63) is 59.3 Å². The molecule has 0 aliphatic heterocycles. The molecule has 2 aromatic carbocycles. The monoisotopic (exact) mass is 304 g/mol. The summed E-state index contributed by atoms with van der Waals surface area (Å²) in [6.45, 7) is 6.40. The molecule has 2 aromatic heterocycles. The molecule has 0 aliphatic rings. The number of aromatic nitrogens is 2. The third-order valence-electron chi connectivity index (χ3n) is 4.23. The fraction of sp³-hybridized carbons (Fsp3) is 0.158. The number of benzene rings is 2. The van der Waals surface area contributed by atoms with E-state index in [4.69, 9.17) is 4.98 Å². The molecule has 0 fully saturated rings. The molecule has 2 nitrogen and oxygen atoms in total. The first-order valence-electron chi connectivity index (χ1n) is 7.36. The Balaban J connectivity index is 1.96. The molecular formula is C19H16N2S. The Labute approximate surface area is 133 Å². The van der Waals surface area contributed by atoms with Crippen LogP contribution >= 0.6 is 11.3 Å². The van der Waals surface area contributed by atoms with E-state index in [-0.39, 0.29) is 0 Å². The zero-order valence-corrected chi connectivity index (χ0v) is 13.7. The average Bonchev–Trinajstić information content (AvgIpc) is 2.86. The minimum absolute atomic E-state index is 0.964. The molecule has 0 saturated carbocycles. The molecule has 0 radical (unpaired) electrons. The van der Waals surface area contributed by atoms with Crippen LogP contribution in [0.15, 0.2) is 42.6 Å². The molecule has 0 unspecified atom stereocenters.